The van der Waals surface area contributed by atoms with Crippen LogP contribution in [-0.2, 0) is 0 Å². The van der Waals surface area contributed by atoms with E-state index in [1.54, 1.807) is 10.7 Å². The molecule has 0 spiro atoms. The largest absolute Gasteiger partial charge is 0.494 e. The molecule has 108 valence electrons. The predicted molar refractivity (Wildman–Crippen MR) is 74.6 cm³/mol. The van der Waals surface area contributed by atoms with E-state index in [0.717, 1.165) is 0 Å². The van der Waals surface area contributed by atoms with Gasteiger partial charge in [0, 0.05) is 6.04 Å². The molecular formula is C14H16ClFN2O2. The number of hydrogen-bond donors (Lipinski definition) is 1. The summed E-state index contributed by atoms with van der Waals surface area (Å²) < 4.78 is 20.2. The van der Waals surface area contributed by atoms with Gasteiger partial charge in [-0.3, -0.25) is 4.68 Å². The molecular weight excluding hydrogens is 283 g/mol. The topological polar surface area (TPSA) is 47.3 Å². The third-order valence-electron chi connectivity index (χ3n) is 3.03. The van der Waals surface area contributed by atoms with Crippen LogP contribution in [0.1, 0.15) is 37.3 Å². The standard InChI is InChI=1S/C14H16ClFN2O2/c1-8(2)18-13(10(15)7-17-18)14(19)9-4-5-12(20-3)11(16)6-9/h4-8,14,19H,1-3H3. The molecule has 0 aliphatic rings. The van der Waals surface area contributed by atoms with Crippen LogP contribution >= 0.6 is 11.6 Å². The Hall–Kier alpha value is -1.59. The number of ether oxygens (including phenoxy) is 1. The lowest BCUT2D eigenvalue weighted by atomic mass is 10.1. The van der Waals surface area contributed by atoms with Gasteiger partial charge in [0.25, 0.3) is 0 Å². The van der Waals surface area contributed by atoms with E-state index < -0.39 is 11.9 Å². The number of aliphatic hydroxyl groups is 1. The Kier molecular flexibility index (Phi) is 4.30. The van der Waals surface area contributed by atoms with Crippen molar-refractivity contribution in [1.82, 2.24) is 9.78 Å². The van der Waals surface area contributed by atoms with Crippen molar-refractivity contribution >= 4 is 11.6 Å². The van der Waals surface area contributed by atoms with Gasteiger partial charge in [0.05, 0.1) is 24.0 Å². The van der Waals surface area contributed by atoms with Crippen LogP contribution in [0.25, 0.3) is 0 Å². The van der Waals surface area contributed by atoms with Crippen LogP contribution in [0.4, 0.5) is 4.39 Å². The summed E-state index contributed by atoms with van der Waals surface area (Å²) >= 11 is 6.07. The molecule has 6 heteroatoms. The Morgan fingerprint density at radius 1 is 1.40 bits per heavy atom. The van der Waals surface area contributed by atoms with Crippen molar-refractivity contribution < 1.29 is 14.2 Å². The molecule has 0 amide bonds. The Morgan fingerprint density at radius 3 is 2.65 bits per heavy atom. The Labute approximate surface area is 121 Å². The maximum Gasteiger partial charge on any atom is 0.165 e. The van der Waals surface area contributed by atoms with Gasteiger partial charge >= 0.3 is 0 Å². The van der Waals surface area contributed by atoms with Gasteiger partial charge in [0.2, 0.25) is 0 Å². The van der Waals surface area contributed by atoms with E-state index >= 15 is 0 Å². The van der Waals surface area contributed by atoms with Crippen molar-refractivity contribution in [3.63, 3.8) is 0 Å². The maximum atomic E-state index is 13.7. The number of benzene rings is 1. The highest BCUT2D eigenvalue weighted by Crippen LogP contribution is 2.31. The summed E-state index contributed by atoms with van der Waals surface area (Å²) in [7, 11) is 1.39. The number of hydrogen-bond acceptors (Lipinski definition) is 3. The smallest absolute Gasteiger partial charge is 0.165 e. The molecule has 1 aromatic heterocycles. The number of halogens is 2. The minimum Gasteiger partial charge on any atom is -0.494 e. The second-order valence-electron chi connectivity index (χ2n) is 4.71. The molecule has 0 fully saturated rings. The highest BCUT2D eigenvalue weighted by molar-refractivity contribution is 6.31. The average Bonchev–Trinajstić information content (AvgIpc) is 2.80. The van der Waals surface area contributed by atoms with Gasteiger partial charge in [0.1, 0.15) is 6.10 Å². The van der Waals surface area contributed by atoms with Crippen molar-refractivity contribution in [2.24, 2.45) is 0 Å². The van der Waals surface area contributed by atoms with E-state index in [-0.39, 0.29) is 11.8 Å². The lowest BCUT2D eigenvalue weighted by Crippen LogP contribution is -2.12. The fraction of sp³-hybridized carbons (Fsp3) is 0.357. The van der Waals surface area contributed by atoms with Gasteiger partial charge in [-0.05, 0) is 31.5 Å². The number of aliphatic hydroxyl groups excluding tert-OH is 1. The average molecular weight is 299 g/mol. The molecule has 0 aliphatic heterocycles. The molecule has 2 aromatic rings. The first-order valence-electron chi connectivity index (χ1n) is 6.20. The molecule has 0 saturated heterocycles. The van der Waals surface area contributed by atoms with Gasteiger partial charge in [0.15, 0.2) is 11.6 Å². The minimum absolute atomic E-state index is 0.0373. The second kappa shape index (κ2) is 5.81. The van der Waals surface area contributed by atoms with Crippen LogP contribution < -0.4 is 4.74 Å². The Bertz CT molecular complexity index is 613. The van der Waals surface area contributed by atoms with Gasteiger partial charge < -0.3 is 9.84 Å². The van der Waals surface area contributed by atoms with Crippen molar-refractivity contribution in [2.75, 3.05) is 7.11 Å². The molecule has 2 rings (SSSR count). The monoisotopic (exact) mass is 298 g/mol. The molecule has 1 unspecified atom stereocenters. The van der Waals surface area contributed by atoms with Gasteiger partial charge in [-0.15, -0.1) is 0 Å². The summed E-state index contributed by atoms with van der Waals surface area (Å²) in [6, 6.07) is 4.34. The lowest BCUT2D eigenvalue weighted by Gasteiger charge is -2.17. The number of aromatic nitrogens is 2. The zero-order valence-corrected chi connectivity index (χ0v) is 12.2. The van der Waals surface area contributed by atoms with Crippen molar-refractivity contribution in [3.8, 4) is 5.75 Å². The molecule has 0 radical (unpaired) electrons. The van der Waals surface area contributed by atoms with Crippen LogP contribution in [0.3, 0.4) is 0 Å². The van der Waals surface area contributed by atoms with Crippen LogP contribution in [0.15, 0.2) is 24.4 Å². The third kappa shape index (κ3) is 2.64. The summed E-state index contributed by atoms with van der Waals surface area (Å²) in [5.41, 5.74) is 0.846. The summed E-state index contributed by atoms with van der Waals surface area (Å²) in [6.45, 7) is 3.85. The van der Waals surface area contributed by atoms with Crippen LogP contribution in [0, 0.1) is 5.82 Å². The zero-order valence-electron chi connectivity index (χ0n) is 11.5. The van der Waals surface area contributed by atoms with E-state index in [0.29, 0.717) is 16.3 Å². The molecule has 1 aromatic carbocycles. The molecule has 0 aliphatic carbocycles. The molecule has 1 N–H and O–H groups in total. The first-order valence-corrected chi connectivity index (χ1v) is 6.58. The molecule has 20 heavy (non-hydrogen) atoms. The van der Waals surface area contributed by atoms with Crippen molar-refractivity contribution in [3.05, 3.63) is 46.5 Å². The van der Waals surface area contributed by atoms with Gasteiger partial charge in [-0.1, -0.05) is 17.7 Å². The Balaban J connectivity index is 2.43. The Morgan fingerprint density at radius 2 is 2.10 bits per heavy atom. The predicted octanol–water partition coefficient (Wildman–Crippen LogP) is 3.35. The van der Waals surface area contributed by atoms with Crippen molar-refractivity contribution in [2.45, 2.75) is 26.0 Å². The number of methoxy groups -OCH3 is 1. The zero-order chi connectivity index (χ0) is 14.9. The van der Waals surface area contributed by atoms with Crippen LogP contribution in [0.5, 0.6) is 5.75 Å². The second-order valence-corrected chi connectivity index (χ2v) is 5.12. The first kappa shape index (κ1) is 14.8. The fourth-order valence-electron chi connectivity index (χ4n) is 2.03. The van der Waals surface area contributed by atoms with E-state index in [9.17, 15) is 9.50 Å². The number of rotatable bonds is 4. The summed E-state index contributed by atoms with van der Waals surface area (Å²) in [4.78, 5) is 0. The molecule has 0 bridgehead atoms. The highest BCUT2D eigenvalue weighted by Gasteiger charge is 2.22. The lowest BCUT2D eigenvalue weighted by molar-refractivity contribution is 0.204. The van der Waals surface area contributed by atoms with Gasteiger partial charge in [-0.25, -0.2) is 4.39 Å². The third-order valence-corrected chi connectivity index (χ3v) is 3.32. The molecule has 1 atom stereocenters. The SMILES string of the molecule is COc1ccc(C(O)c2c(Cl)cnn2C(C)C)cc1F. The van der Waals surface area contributed by atoms with Crippen LogP contribution in [0.2, 0.25) is 5.02 Å². The van der Waals surface area contributed by atoms with Gasteiger partial charge in [-0.2, -0.15) is 5.10 Å². The van der Waals surface area contributed by atoms with E-state index in [2.05, 4.69) is 5.10 Å². The highest BCUT2D eigenvalue weighted by atomic mass is 35.5. The van der Waals surface area contributed by atoms with E-state index in [4.69, 9.17) is 16.3 Å². The fourth-order valence-corrected chi connectivity index (χ4v) is 2.26. The molecule has 1 heterocycles. The quantitative estimate of drug-likeness (QED) is 0.941. The first-order chi connectivity index (χ1) is 9.45. The van der Waals surface area contributed by atoms with Crippen molar-refractivity contribution in [1.29, 1.82) is 0 Å². The normalized spacial score (nSPS) is 12.8. The summed E-state index contributed by atoms with van der Waals surface area (Å²) in [6.07, 6.45) is 0.424. The summed E-state index contributed by atoms with van der Waals surface area (Å²) in [5, 5.41) is 14.9. The summed E-state index contributed by atoms with van der Waals surface area (Å²) in [5.74, 6) is -0.403. The maximum absolute atomic E-state index is 13.7. The minimum atomic E-state index is -1.05. The van der Waals surface area contributed by atoms with E-state index in [1.807, 2.05) is 13.8 Å². The van der Waals surface area contributed by atoms with E-state index in [1.165, 1.54) is 25.4 Å². The van der Waals surface area contributed by atoms with Crippen LogP contribution in [-0.4, -0.2) is 22.0 Å². The molecule has 0 saturated carbocycles. The molecule has 4 nitrogen and oxygen atoms in total. The number of nitrogens with zero attached hydrogens (tertiary/aromatic N) is 2.